The van der Waals surface area contributed by atoms with Gasteiger partial charge < -0.3 is 9.13 Å². The average molecular weight is 535 g/mol. The Morgan fingerprint density at radius 3 is 1.75 bits per heavy atom. The first-order chi connectivity index (χ1) is 19.6. The molecule has 7 rings (SSSR count). The molecular weight excluding hydrogens is 504 g/mol. The van der Waals surface area contributed by atoms with Crippen LogP contribution in [0.1, 0.15) is 36.4 Å². The zero-order valence-corrected chi connectivity index (χ0v) is 23.8. The zero-order chi connectivity index (χ0) is 27.4. The third kappa shape index (κ3) is 3.55. The van der Waals surface area contributed by atoms with Gasteiger partial charge in [-0.3, -0.25) is 0 Å². The number of aromatic nitrogens is 2. The van der Waals surface area contributed by atoms with Crippen LogP contribution in [0.15, 0.2) is 104 Å². The molecule has 7 aromatic rings. The monoisotopic (exact) mass is 534 g/mol. The molecule has 0 atom stereocenters. The van der Waals surface area contributed by atoms with E-state index >= 15 is 0 Å². The van der Waals surface area contributed by atoms with Gasteiger partial charge in [-0.2, -0.15) is 0 Å². The van der Waals surface area contributed by atoms with Crippen molar-refractivity contribution in [3.05, 3.63) is 126 Å². The molecule has 0 spiro atoms. The fraction of sp³-hybridized carbons (Fsp3) is 0.0811. The Bertz CT molecular complexity index is 2160. The summed E-state index contributed by atoms with van der Waals surface area (Å²) >= 11 is 1.86. The standard InChI is InChI=1S/C37H30N2S/c1-5-12-32-24(4)28-14-8-10-16-34(28)38(32)25-18-20-36-30(22-25)31-23-26(19-21-37(31)40-36)39-33(13-6-2)27(7-3)29-15-9-11-17-35(29)39/h5-23H,3H2,1-2,4H3/b12-5-,13-6-. The van der Waals surface area contributed by atoms with Crippen LogP contribution in [0, 0.1) is 6.92 Å². The minimum Gasteiger partial charge on any atom is -0.310 e. The highest BCUT2D eigenvalue weighted by Gasteiger charge is 2.17. The summed E-state index contributed by atoms with van der Waals surface area (Å²) in [4.78, 5) is 0. The molecule has 0 bridgehead atoms. The lowest BCUT2D eigenvalue weighted by Gasteiger charge is -2.11. The normalized spacial score (nSPS) is 12.3. The average Bonchev–Trinajstić information content (AvgIpc) is 3.60. The smallest absolute Gasteiger partial charge is 0.0541 e. The van der Waals surface area contributed by atoms with Gasteiger partial charge in [0.15, 0.2) is 0 Å². The van der Waals surface area contributed by atoms with Gasteiger partial charge in [0, 0.05) is 53.6 Å². The summed E-state index contributed by atoms with van der Waals surface area (Å²) in [6, 6.07) is 31.1. The first-order valence-corrected chi connectivity index (χ1v) is 14.5. The number of aryl methyl sites for hydroxylation is 1. The quantitative estimate of drug-likeness (QED) is 0.208. The molecule has 0 saturated carbocycles. The highest BCUT2D eigenvalue weighted by molar-refractivity contribution is 7.25. The first-order valence-electron chi connectivity index (χ1n) is 13.7. The predicted molar refractivity (Wildman–Crippen MR) is 177 cm³/mol. The number of nitrogens with zero attached hydrogens (tertiary/aromatic N) is 2. The summed E-state index contributed by atoms with van der Waals surface area (Å²) in [7, 11) is 0. The van der Waals surface area contributed by atoms with Crippen molar-refractivity contribution in [2.24, 2.45) is 0 Å². The van der Waals surface area contributed by atoms with E-state index in [0.717, 1.165) is 16.9 Å². The number of allylic oxidation sites excluding steroid dienone is 2. The minimum atomic E-state index is 1.16. The van der Waals surface area contributed by atoms with Gasteiger partial charge in [-0.05, 0) is 87.0 Å². The number of hydrogen-bond donors (Lipinski definition) is 0. The Kier molecular flexibility index (Phi) is 5.83. The maximum atomic E-state index is 4.14. The molecule has 40 heavy (non-hydrogen) atoms. The van der Waals surface area contributed by atoms with E-state index in [1.54, 1.807) is 0 Å². The third-order valence-electron chi connectivity index (χ3n) is 7.93. The number of para-hydroxylation sites is 2. The van der Waals surface area contributed by atoms with Gasteiger partial charge in [0.2, 0.25) is 0 Å². The number of rotatable bonds is 5. The molecule has 0 unspecified atom stereocenters. The molecular formula is C37H30N2S. The van der Waals surface area contributed by atoms with E-state index < -0.39 is 0 Å². The number of thiophene rings is 1. The van der Waals surface area contributed by atoms with Crippen molar-refractivity contribution in [2.45, 2.75) is 20.8 Å². The van der Waals surface area contributed by atoms with E-state index in [1.807, 2.05) is 17.4 Å². The molecule has 194 valence electrons. The molecule has 0 aliphatic heterocycles. The van der Waals surface area contributed by atoms with Crippen LogP contribution in [0.25, 0.3) is 71.6 Å². The van der Waals surface area contributed by atoms with Crippen molar-refractivity contribution >= 4 is 71.5 Å². The minimum absolute atomic E-state index is 1.16. The predicted octanol–water partition coefficient (Wildman–Crippen LogP) is 11.0. The highest BCUT2D eigenvalue weighted by Crippen LogP contribution is 2.39. The summed E-state index contributed by atoms with van der Waals surface area (Å²) in [6.07, 6.45) is 10.6. The lowest BCUT2D eigenvalue weighted by Crippen LogP contribution is -1.97. The van der Waals surface area contributed by atoms with Crippen molar-refractivity contribution in [3.8, 4) is 11.4 Å². The molecule has 2 nitrogen and oxygen atoms in total. The van der Waals surface area contributed by atoms with E-state index in [2.05, 4.69) is 146 Å². The van der Waals surface area contributed by atoms with Gasteiger partial charge in [0.25, 0.3) is 0 Å². The molecule has 0 N–H and O–H groups in total. The van der Waals surface area contributed by atoms with Crippen LogP contribution in [0.2, 0.25) is 0 Å². The summed E-state index contributed by atoms with van der Waals surface area (Å²) in [5.41, 5.74) is 9.63. The maximum Gasteiger partial charge on any atom is 0.0541 e. The number of benzene rings is 4. The van der Waals surface area contributed by atoms with E-state index in [9.17, 15) is 0 Å². The van der Waals surface area contributed by atoms with E-state index in [1.165, 1.54) is 58.9 Å². The second kappa shape index (κ2) is 9.55. The van der Waals surface area contributed by atoms with Crippen LogP contribution in [0.4, 0.5) is 0 Å². The van der Waals surface area contributed by atoms with Crippen molar-refractivity contribution in [1.29, 1.82) is 0 Å². The molecule has 0 saturated heterocycles. The van der Waals surface area contributed by atoms with Gasteiger partial charge >= 0.3 is 0 Å². The van der Waals surface area contributed by atoms with Crippen molar-refractivity contribution in [3.63, 3.8) is 0 Å². The van der Waals surface area contributed by atoms with Gasteiger partial charge in [-0.15, -0.1) is 11.3 Å². The fourth-order valence-electron chi connectivity index (χ4n) is 6.19. The zero-order valence-electron chi connectivity index (χ0n) is 23.0. The Hall–Kier alpha value is -4.60. The summed E-state index contributed by atoms with van der Waals surface area (Å²) in [5.74, 6) is 0. The Labute approximate surface area is 238 Å². The van der Waals surface area contributed by atoms with Crippen molar-refractivity contribution in [2.75, 3.05) is 0 Å². The molecule has 3 aromatic heterocycles. The van der Waals surface area contributed by atoms with Crippen LogP contribution in [0.5, 0.6) is 0 Å². The lowest BCUT2D eigenvalue weighted by atomic mass is 10.1. The molecule has 0 aliphatic rings. The van der Waals surface area contributed by atoms with Crippen molar-refractivity contribution in [1.82, 2.24) is 9.13 Å². The highest BCUT2D eigenvalue weighted by atomic mass is 32.1. The number of fused-ring (bicyclic) bond motifs is 5. The molecule has 0 aliphatic carbocycles. The lowest BCUT2D eigenvalue weighted by molar-refractivity contribution is 1.10. The first kappa shape index (κ1) is 24.4. The molecule has 3 heteroatoms. The van der Waals surface area contributed by atoms with Crippen LogP contribution >= 0.6 is 11.3 Å². The Morgan fingerprint density at radius 1 is 0.625 bits per heavy atom. The van der Waals surface area contributed by atoms with Crippen LogP contribution in [-0.4, -0.2) is 9.13 Å². The largest absolute Gasteiger partial charge is 0.310 e. The van der Waals surface area contributed by atoms with Gasteiger partial charge in [-0.1, -0.05) is 61.2 Å². The van der Waals surface area contributed by atoms with Crippen LogP contribution in [-0.2, 0) is 0 Å². The molecule has 0 radical (unpaired) electrons. The Balaban J connectivity index is 1.50. The molecule has 0 amide bonds. The van der Waals surface area contributed by atoms with Crippen molar-refractivity contribution < 1.29 is 0 Å². The second-order valence-electron chi connectivity index (χ2n) is 10.2. The topological polar surface area (TPSA) is 9.86 Å². The fourth-order valence-corrected chi connectivity index (χ4v) is 7.25. The second-order valence-corrected chi connectivity index (χ2v) is 11.3. The molecule has 0 fully saturated rings. The molecule has 3 heterocycles. The van der Waals surface area contributed by atoms with Gasteiger partial charge in [0.05, 0.1) is 16.7 Å². The van der Waals surface area contributed by atoms with Gasteiger partial charge in [0.1, 0.15) is 0 Å². The summed E-state index contributed by atoms with van der Waals surface area (Å²) in [5, 5.41) is 5.08. The summed E-state index contributed by atoms with van der Waals surface area (Å²) < 4.78 is 7.37. The van der Waals surface area contributed by atoms with E-state index in [4.69, 9.17) is 0 Å². The number of hydrogen-bond acceptors (Lipinski definition) is 1. The van der Waals surface area contributed by atoms with Gasteiger partial charge in [-0.25, -0.2) is 0 Å². The Morgan fingerprint density at radius 2 is 1.15 bits per heavy atom. The van der Waals surface area contributed by atoms with E-state index in [0.29, 0.717) is 0 Å². The van der Waals surface area contributed by atoms with Crippen LogP contribution < -0.4 is 0 Å². The maximum absolute atomic E-state index is 4.14. The van der Waals surface area contributed by atoms with E-state index in [-0.39, 0.29) is 0 Å². The molecule has 4 aromatic carbocycles. The third-order valence-corrected chi connectivity index (χ3v) is 9.08. The summed E-state index contributed by atoms with van der Waals surface area (Å²) in [6.45, 7) is 10.5. The SMILES string of the molecule is C=Cc1c(/C=C\C)n(-c2ccc3sc4ccc(-n5c(/C=C\C)c(C)c6ccccc65)cc4c3c2)c2ccccc12. The van der Waals surface area contributed by atoms with Crippen LogP contribution in [0.3, 0.4) is 0 Å².